The normalized spacial score (nSPS) is 16.9. The number of halogens is 1. The van der Waals surface area contributed by atoms with Crippen molar-refractivity contribution in [2.45, 2.75) is 6.42 Å². The van der Waals surface area contributed by atoms with E-state index in [1.807, 2.05) is 60.5 Å². The molecule has 1 atom stereocenters. The van der Waals surface area contributed by atoms with Gasteiger partial charge in [-0.25, -0.2) is 0 Å². The van der Waals surface area contributed by atoms with Crippen LogP contribution in [0.15, 0.2) is 48.5 Å². The van der Waals surface area contributed by atoms with Crippen molar-refractivity contribution in [3.63, 3.8) is 0 Å². The third-order valence-corrected chi connectivity index (χ3v) is 4.82. The highest BCUT2D eigenvalue weighted by Crippen LogP contribution is 2.30. The monoisotopic (exact) mass is 358 g/mol. The Morgan fingerprint density at radius 2 is 2.04 bits per heavy atom. The smallest absolute Gasteiger partial charge is 0.260 e. The van der Waals surface area contributed by atoms with Crippen LogP contribution in [0.1, 0.15) is 6.42 Å². The predicted molar refractivity (Wildman–Crippen MR) is 101 cm³/mol. The lowest BCUT2D eigenvalue weighted by Gasteiger charge is -2.17. The Morgan fingerprint density at radius 1 is 1.24 bits per heavy atom. The van der Waals surface area contributed by atoms with E-state index in [4.69, 9.17) is 16.3 Å². The minimum absolute atomic E-state index is 0.0156. The molecule has 1 heterocycles. The average molecular weight is 359 g/mol. The van der Waals surface area contributed by atoms with Crippen LogP contribution in [0, 0.1) is 5.92 Å². The molecule has 0 saturated carbocycles. The van der Waals surface area contributed by atoms with Gasteiger partial charge in [0.05, 0.1) is 5.02 Å². The van der Waals surface area contributed by atoms with Crippen molar-refractivity contribution in [2.24, 2.45) is 5.92 Å². The van der Waals surface area contributed by atoms with Gasteiger partial charge in [0.15, 0.2) is 6.61 Å². The number of hydrogen-bond donors (Lipinski definition) is 1. The lowest BCUT2D eigenvalue weighted by molar-refractivity contribution is -0.132. The third kappa shape index (κ3) is 4.53. The molecule has 0 radical (unpaired) electrons. The maximum absolute atomic E-state index is 12.3. The molecule has 2 aromatic carbocycles. The summed E-state index contributed by atoms with van der Waals surface area (Å²) in [7, 11) is 1.94. The summed E-state index contributed by atoms with van der Waals surface area (Å²) >= 11 is 6.33. The zero-order valence-electron chi connectivity index (χ0n) is 14.4. The molecule has 132 valence electrons. The van der Waals surface area contributed by atoms with E-state index in [1.54, 1.807) is 0 Å². The number of hydrogen-bond acceptors (Lipinski definition) is 3. The Balaban J connectivity index is 1.57. The van der Waals surface area contributed by atoms with Gasteiger partial charge in [-0.05, 0) is 49.2 Å². The number of ether oxygens (including phenoxy) is 1. The first kappa shape index (κ1) is 17.8. The van der Waals surface area contributed by atoms with Crippen LogP contribution in [-0.2, 0) is 4.79 Å². The fourth-order valence-corrected chi connectivity index (χ4v) is 3.41. The summed E-state index contributed by atoms with van der Waals surface area (Å²) in [5.74, 6) is 1.09. The van der Waals surface area contributed by atoms with Gasteiger partial charge in [0.1, 0.15) is 5.75 Å². The van der Waals surface area contributed by atoms with Gasteiger partial charge in [-0.2, -0.15) is 0 Å². The van der Waals surface area contributed by atoms with E-state index in [1.165, 1.54) is 0 Å². The van der Waals surface area contributed by atoms with E-state index in [2.05, 4.69) is 5.32 Å². The number of rotatable bonds is 6. The summed E-state index contributed by atoms with van der Waals surface area (Å²) in [6.45, 7) is 2.56. The minimum atomic E-state index is 0.0156. The van der Waals surface area contributed by atoms with Crippen LogP contribution in [0.4, 0.5) is 0 Å². The van der Waals surface area contributed by atoms with E-state index in [9.17, 15) is 4.79 Å². The number of amides is 1. The van der Waals surface area contributed by atoms with Crippen LogP contribution >= 0.6 is 11.6 Å². The summed E-state index contributed by atoms with van der Waals surface area (Å²) in [5, 5.41) is 3.68. The van der Waals surface area contributed by atoms with Gasteiger partial charge in [0.2, 0.25) is 0 Å². The largest absolute Gasteiger partial charge is 0.482 e. The molecule has 1 amide bonds. The molecule has 0 aliphatic carbocycles. The predicted octanol–water partition coefficient (Wildman–Crippen LogP) is 3.45. The van der Waals surface area contributed by atoms with Crippen LogP contribution in [-0.4, -0.2) is 44.1 Å². The fourth-order valence-electron chi connectivity index (χ4n) is 3.17. The van der Waals surface area contributed by atoms with Crippen molar-refractivity contribution in [1.82, 2.24) is 10.2 Å². The second kappa shape index (κ2) is 8.37. The molecule has 0 spiro atoms. The number of nitrogens with one attached hydrogen (secondary N) is 1. The molecule has 0 unspecified atom stereocenters. The molecule has 4 nitrogen and oxygen atoms in total. The van der Waals surface area contributed by atoms with Crippen molar-refractivity contribution in [3.05, 3.63) is 53.6 Å². The van der Waals surface area contributed by atoms with Crippen LogP contribution in [0.2, 0.25) is 5.02 Å². The first-order valence-corrected chi connectivity index (χ1v) is 8.95. The Labute approximate surface area is 153 Å². The number of benzene rings is 2. The average Bonchev–Trinajstić information content (AvgIpc) is 3.10. The van der Waals surface area contributed by atoms with E-state index in [0.717, 1.165) is 37.2 Å². The zero-order valence-corrected chi connectivity index (χ0v) is 15.1. The molecule has 2 aromatic rings. The first-order valence-electron chi connectivity index (χ1n) is 8.57. The third-order valence-electron chi connectivity index (χ3n) is 4.52. The zero-order chi connectivity index (χ0) is 17.6. The minimum Gasteiger partial charge on any atom is -0.482 e. The standard InChI is InChI=1S/C20H23ClN2O2/c1-22-12-15-9-10-23(13-15)20(24)14-25-19-8-7-17(11-18(19)21)16-5-3-2-4-6-16/h2-8,11,15,22H,9-10,12-14H2,1H3/t15-/m1/s1. The maximum Gasteiger partial charge on any atom is 0.260 e. The van der Waals surface area contributed by atoms with Crippen LogP contribution in [0.3, 0.4) is 0 Å². The van der Waals surface area contributed by atoms with E-state index < -0.39 is 0 Å². The lowest BCUT2D eigenvalue weighted by Crippen LogP contribution is -2.34. The van der Waals surface area contributed by atoms with Crippen LogP contribution < -0.4 is 10.1 Å². The highest BCUT2D eigenvalue weighted by molar-refractivity contribution is 6.32. The van der Waals surface area contributed by atoms with Crippen molar-refractivity contribution in [3.8, 4) is 16.9 Å². The second-order valence-electron chi connectivity index (χ2n) is 6.35. The number of nitrogens with zero attached hydrogens (tertiary/aromatic N) is 1. The Hall–Kier alpha value is -2.04. The van der Waals surface area contributed by atoms with Crippen molar-refractivity contribution < 1.29 is 9.53 Å². The maximum atomic E-state index is 12.3. The van der Waals surface area contributed by atoms with Crippen LogP contribution in [0.5, 0.6) is 5.75 Å². The van der Waals surface area contributed by atoms with Gasteiger partial charge in [-0.3, -0.25) is 4.79 Å². The van der Waals surface area contributed by atoms with E-state index >= 15 is 0 Å². The highest BCUT2D eigenvalue weighted by atomic mass is 35.5. The van der Waals surface area contributed by atoms with Gasteiger partial charge in [-0.1, -0.05) is 48.0 Å². The van der Waals surface area contributed by atoms with Gasteiger partial charge in [-0.15, -0.1) is 0 Å². The van der Waals surface area contributed by atoms with E-state index in [0.29, 0.717) is 16.7 Å². The van der Waals surface area contributed by atoms with Crippen molar-refractivity contribution >= 4 is 17.5 Å². The summed E-state index contributed by atoms with van der Waals surface area (Å²) in [6.07, 6.45) is 1.04. The molecule has 1 aliphatic heterocycles. The molecule has 0 bridgehead atoms. The molecule has 25 heavy (non-hydrogen) atoms. The molecule has 1 fully saturated rings. The highest BCUT2D eigenvalue weighted by Gasteiger charge is 2.25. The quantitative estimate of drug-likeness (QED) is 0.859. The van der Waals surface area contributed by atoms with E-state index in [-0.39, 0.29) is 12.5 Å². The summed E-state index contributed by atoms with van der Waals surface area (Å²) < 4.78 is 5.66. The first-order chi connectivity index (χ1) is 12.2. The van der Waals surface area contributed by atoms with Crippen molar-refractivity contribution in [1.29, 1.82) is 0 Å². The van der Waals surface area contributed by atoms with Gasteiger partial charge in [0.25, 0.3) is 5.91 Å². The fraction of sp³-hybridized carbons (Fsp3) is 0.350. The Morgan fingerprint density at radius 3 is 2.76 bits per heavy atom. The molecule has 3 rings (SSSR count). The Bertz CT molecular complexity index is 721. The lowest BCUT2D eigenvalue weighted by atomic mass is 10.1. The Kier molecular flexibility index (Phi) is 5.95. The van der Waals surface area contributed by atoms with Gasteiger partial charge < -0.3 is 15.0 Å². The second-order valence-corrected chi connectivity index (χ2v) is 6.76. The molecule has 1 N–H and O–H groups in total. The van der Waals surface area contributed by atoms with Crippen molar-refractivity contribution in [2.75, 3.05) is 33.3 Å². The summed E-state index contributed by atoms with van der Waals surface area (Å²) in [4.78, 5) is 14.2. The summed E-state index contributed by atoms with van der Waals surface area (Å²) in [6, 6.07) is 15.7. The number of carbonyl (C=O) groups excluding carboxylic acids is 1. The van der Waals surface area contributed by atoms with Gasteiger partial charge in [0, 0.05) is 13.1 Å². The number of carbonyl (C=O) groups is 1. The molecule has 1 saturated heterocycles. The number of likely N-dealkylation sites (tertiary alicyclic amines) is 1. The van der Waals surface area contributed by atoms with Crippen LogP contribution in [0.25, 0.3) is 11.1 Å². The molecular formula is C20H23ClN2O2. The molecule has 1 aliphatic rings. The molecule has 0 aromatic heterocycles. The molecule has 5 heteroatoms. The SMILES string of the molecule is CNC[C@H]1CCN(C(=O)COc2ccc(-c3ccccc3)cc2Cl)C1. The summed E-state index contributed by atoms with van der Waals surface area (Å²) in [5.41, 5.74) is 2.12. The topological polar surface area (TPSA) is 41.6 Å². The molecular weight excluding hydrogens is 336 g/mol. The van der Waals surface area contributed by atoms with Gasteiger partial charge >= 0.3 is 0 Å².